The minimum absolute atomic E-state index is 0.103. The Kier molecular flexibility index (Phi) is 8.44. The number of ether oxygens (including phenoxy) is 1. The van der Waals surface area contributed by atoms with Crippen molar-refractivity contribution in [3.05, 3.63) is 29.3 Å². The number of pyridine rings is 1. The number of aliphatic hydroxyl groups is 1. The Bertz CT molecular complexity index is 877. The van der Waals surface area contributed by atoms with Gasteiger partial charge >= 0.3 is 0 Å². The van der Waals surface area contributed by atoms with Crippen LogP contribution in [0.3, 0.4) is 0 Å². The van der Waals surface area contributed by atoms with E-state index in [-0.39, 0.29) is 24.5 Å². The third kappa shape index (κ3) is 6.41. The highest BCUT2D eigenvalue weighted by molar-refractivity contribution is 5.95. The van der Waals surface area contributed by atoms with Crippen LogP contribution in [0.15, 0.2) is 16.7 Å². The van der Waals surface area contributed by atoms with Crippen LogP contribution >= 0.6 is 0 Å². The Morgan fingerprint density at radius 1 is 1.28 bits per heavy atom. The molecule has 0 unspecified atom stereocenters. The normalized spacial score (nSPS) is 15.8. The lowest BCUT2D eigenvalue weighted by Gasteiger charge is -2.30. The Morgan fingerprint density at radius 3 is 2.66 bits per heavy atom. The maximum Gasteiger partial charge on any atom is 0.266 e. The highest BCUT2D eigenvalue weighted by atomic mass is 16.5. The minimum atomic E-state index is -0.297. The molecule has 1 amide bonds. The Hall–Kier alpha value is -2.68. The molecule has 1 aliphatic rings. The van der Waals surface area contributed by atoms with Crippen LogP contribution in [0.5, 0.6) is 5.88 Å². The van der Waals surface area contributed by atoms with E-state index in [0.29, 0.717) is 41.5 Å². The molecule has 1 atom stereocenters. The lowest BCUT2D eigenvalue weighted by atomic mass is 9.92. The van der Waals surface area contributed by atoms with Gasteiger partial charge in [-0.1, -0.05) is 13.8 Å². The molecular weight excluding hydrogens is 410 g/mol. The average molecular weight is 446 g/mol. The Labute approximate surface area is 189 Å². The summed E-state index contributed by atoms with van der Waals surface area (Å²) >= 11 is 0. The number of hydrogen-bond donors (Lipinski definition) is 2. The fourth-order valence-electron chi connectivity index (χ4n) is 3.77. The van der Waals surface area contributed by atoms with Crippen molar-refractivity contribution in [1.82, 2.24) is 20.4 Å². The van der Waals surface area contributed by atoms with E-state index in [9.17, 15) is 4.79 Å². The molecule has 0 radical (unpaired) electrons. The second-order valence-electron chi connectivity index (χ2n) is 8.85. The number of nitrogens with one attached hydrogen (secondary N) is 1. The number of carbonyl (C=O) groups excluding carboxylic acids is 1. The summed E-state index contributed by atoms with van der Waals surface area (Å²) in [5.41, 5.74) is 1.10. The summed E-state index contributed by atoms with van der Waals surface area (Å²) in [5, 5.41) is 15.9. The maximum atomic E-state index is 12.2. The van der Waals surface area contributed by atoms with Gasteiger partial charge in [0.05, 0.1) is 24.5 Å². The molecule has 2 N–H and O–H groups in total. The smallest absolute Gasteiger partial charge is 0.266 e. The van der Waals surface area contributed by atoms with Crippen molar-refractivity contribution in [1.29, 1.82) is 0 Å². The second-order valence-corrected chi connectivity index (χ2v) is 8.85. The van der Waals surface area contributed by atoms with Gasteiger partial charge < -0.3 is 24.6 Å². The summed E-state index contributed by atoms with van der Waals surface area (Å²) in [5.74, 6) is 2.60. The van der Waals surface area contributed by atoms with Gasteiger partial charge in [-0.2, -0.15) is 4.98 Å². The van der Waals surface area contributed by atoms with Gasteiger partial charge in [0.1, 0.15) is 0 Å². The summed E-state index contributed by atoms with van der Waals surface area (Å²) in [6.45, 7) is 10.0. The zero-order chi connectivity index (χ0) is 23.1. The first-order valence-corrected chi connectivity index (χ1v) is 11.5. The van der Waals surface area contributed by atoms with Crippen LogP contribution in [0, 0.1) is 12.8 Å². The second kappa shape index (κ2) is 11.3. The van der Waals surface area contributed by atoms with Crippen molar-refractivity contribution in [3.8, 4) is 5.88 Å². The van der Waals surface area contributed by atoms with Gasteiger partial charge in [-0.05, 0) is 56.7 Å². The van der Waals surface area contributed by atoms with E-state index in [1.54, 1.807) is 26.0 Å². The molecule has 1 saturated heterocycles. The van der Waals surface area contributed by atoms with Crippen LogP contribution in [0.4, 0.5) is 5.95 Å². The van der Waals surface area contributed by atoms with Crippen LogP contribution in [0.1, 0.15) is 74.3 Å². The third-order valence-corrected chi connectivity index (χ3v) is 5.79. The summed E-state index contributed by atoms with van der Waals surface area (Å²) in [6, 6.07) is 3.14. The summed E-state index contributed by atoms with van der Waals surface area (Å²) < 4.78 is 11.1. The first-order chi connectivity index (χ1) is 15.4. The number of aromatic nitrogens is 3. The molecule has 32 heavy (non-hydrogen) atoms. The van der Waals surface area contributed by atoms with Gasteiger partial charge in [-0.3, -0.25) is 4.79 Å². The largest absolute Gasteiger partial charge is 0.478 e. The predicted octanol–water partition coefficient (Wildman–Crippen LogP) is 3.08. The maximum absolute atomic E-state index is 12.2. The molecule has 0 saturated carbocycles. The van der Waals surface area contributed by atoms with Crippen LogP contribution in [-0.2, 0) is 0 Å². The first kappa shape index (κ1) is 24.0. The SMILES string of the molecule is Cc1nc(OCCCC2CCN(c3noc(C(C)C)n3)CC2)ccc1C(=O)N[C@@H](C)CO. The number of rotatable bonds is 10. The van der Waals surface area contributed by atoms with Gasteiger partial charge in [0.2, 0.25) is 11.8 Å². The van der Waals surface area contributed by atoms with Crippen LogP contribution in [-0.4, -0.2) is 58.5 Å². The van der Waals surface area contributed by atoms with Crippen LogP contribution in [0.25, 0.3) is 0 Å². The fourth-order valence-corrected chi connectivity index (χ4v) is 3.77. The quantitative estimate of drug-likeness (QED) is 0.537. The van der Waals surface area contributed by atoms with E-state index in [1.807, 2.05) is 13.8 Å². The van der Waals surface area contributed by atoms with E-state index in [0.717, 1.165) is 38.8 Å². The Morgan fingerprint density at radius 2 is 2.03 bits per heavy atom. The summed E-state index contributed by atoms with van der Waals surface area (Å²) in [6.07, 6.45) is 4.29. The number of nitrogens with zero attached hydrogens (tertiary/aromatic N) is 4. The van der Waals surface area contributed by atoms with Gasteiger partial charge in [0, 0.05) is 31.1 Å². The topological polar surface area (TPSA) is 114 Å². The molecular formula is C23H35N5O4. The average Bonchev–Trinajstić information content (AvgIpc) is 3.28. The predicted molar refractivity (Wildman–Crippen MR) is 121 cm³/mol. The van der Waals surface area contributed by atoms with E-state index in [1.165, 1.54) is 0 Å². The minimum Gasteiger partial charge on any atom is -0.478 e. The molecule has 0 spiro atoms. The van der Waals surface area contributed by atoms with E-state index >= 15 is 0 Å². The lowest BCUT2D eigenvalue weighted by molar-refractivity contribution is 0.0921. The number of aliphatic hydroxyl groups excluding tert-OH is 1. The molecule has 3 heterocycles. The molecule has 1 fully saturated rings. The van der Waals surface area contributed by atoms with Crippen molar-refractivity contribution in [2.45, 2.75) is 65.3 Å². The zero-order valence-electron chi connectivity index (χ0n) is 19.5. The van der Waals surface area contributed by atoms with Crippen molar-refractivity contribution in [2.75, 3.05) is 31.2 Å². The molecule has 9 nitrogen and oxygen atoms in total. The highest BCUT2D eigenvalue weighted by Gasteiger charge is 2.23. The number of piperidine rings is 1. The number of hydrogen-bond acceptors (Lipinski definition) is 8. The van der Waals surface area contributed by atoms with Crippen molar-refractivity contribution >= 4 is 11.9 Å². The third-order valence-electron chi connectivity index (χ3n) is 5.79. The lowest BCUT2D eigenvalue weighted by Crippen LogP contribution is -2.35. The van der Waals surface area contributed by atoms with Crippen LogP contribution in [0.2, 0.25) is 0 Å². The number of amides is 1. The number of aryl methyl sites for hydroxylation is 1. The number of anilines is 1. The molecule has 176 valence electrons. The zero-order valence-corrected chi connectivity index (χ0v) is 19.5. The number of carbonyl (C=O) groups is 1. The monoisotopic (exact) mass is 445 g/mol. The van der Waals surface area contributed by atoms with Crippen molar-refractivity contribution < 1.29 is 19.2 Å². The molecule has 0 bridgehead atoms. The summed E-state index contributed by atoms with van der Waals surface area (Å²) in [4.78, 5) is 23.3. The van der Waals surface area contributed by atoms with Gasteiger partial charge in [0.15, 0.2) is 0 Å². The molecule has 2 aromatic rings. The van der Waals surface area contributed by atoms with Crippen molar-refractivity contribution in [3.63, 3.8) is 0 Å². The fraction of sp³-hybridized carbons (Fsp3) is 0.652. The Balaban J connectivity index is 1.37. The van der Waals surface area contributed by atoms with E-state index < -0.39 is 0 Å². The molecule has 9 heteroatoms. The van der Waals surface area contributed by atoms with Gasteiger partial charge in [-0.15, -0.1) is 0 Å². The molecule has 1 aliphatic heterocycles. The van der Waals surface area contributed by atoms with Crippen LogP contribution < -0.4 is 15.0 Å². The first-order valence-electron chi connectivity index (χ1n) is 11.5. The molecule has 0 aliphatic carbocycles. The molecule has 3 rings (SSSR count). The standard InChI is InChI=1S/C23H35N5O4/c1-15(2)22-26-23(27-32-22)28-11-9-18(10-12-28)6-5-13-31-20-8-7-19(17(4)25-20)21(30)24-16(3)14-29/h7-8,15-16,18,29H,5-6,9-14H2,1-4H3,(H,24,30)/t16-/m0/s1. The molecule has 2 aromatic heterocycles. The van der Waals surface area contributed by atoms with Gasteiger partial charge in [0.25, 0.3) is 11.9 Å². The van der Waals surface area contributed by atoms with E-state index in [4.69, 9.17) is 14.4 Å². The van der Waals surface area contributed by atoms with Crippen molar-refractivity contribution in [2.24, 2.45) is 5.92 Å². The van der Waals surface area contributed by atoms with Gasteiger partial charge in [-0.25, -0.2) is 4.98 Å². The molecule has 0 aromatic carbocycles. The highest BCUT2D eigenvalue weighted by Crippen LogP contribution is 2.25. The summed E-state index contributed by atoms with van der Waals surface area (Å²) in [7, 11) is 0. The van der Waals surface area contributed by atoms with E-state index in [2.05, 4.69) is 25.3 Å².